The Bertz CT molecular complexity index is 681. The van der Waals surface area contributed by atoms with Crippen LogP contribution in [-0.4, -0.2) is 22.9 Å². The Balaban J connectivity index is 2.03. The molecule has 0 fully saturated rings. The molecule has 2 N–H and O–H groups in total. The number of rotatable bonds is 2. The second-order valence-corrected chi connectivity index (χ2v) is 4.75. The van der Waals surface area contributed by atoms with E-state index in [1.165, 1.54) is 11.3 Å². The highest BCUT2D eigenvalue weighted by Gasteiger charge is 2.11. The van der Waals surface area contributed by atoms with Crippen molar-refractivity contribution in [2.45, 2.75) is 0 Å². The number of thiazole rings is 1. The van der Waals surface area contributed by atoms with Crippen molar-refractivity contribution in [2.24, 2.45) is 0 Å². The fraction of sp³-hybridized carbons (Fsp3) is 0.0769. The van der Waals surface area contributed by atoms with Crippen LogP contribution in [-0.2, 0) is 0 Å². The number of fused-ring (bicyclic) bond motifs is 1. The summed E-state index contributed by atoms with van der Waals surface area (Å²) >= 11 is 1.46. The Morgan fingerprint density at radius 1 is 1.39 bits per heavy atom. The van der Waals surface area contributed by atoms with Crippen LogP contribution in [0.3, 0.4) is 0 Å². The molecule has 0 radical (unpaired) electrons. The molecule has 4 nitrogen and oxygen atoms in total. The van der Waals surface area contributed by atoms with Crippen LogP contribution in [0.5, 0.6) is 0 Å². The predicted octanol–water partition coefficient (Wildman–Crippen LogP) is 2.65. The van der Waals surface area contributed by atoms with E-state index >= 15 is 0 Å². The van der Waals surface area contributed by atoms with E-state index < -0.39 is 0 Å². The van der Waals surface area contributed by atoms with Gasteiger partial charge in [0.25, 0.3) is 5.91 Å². The first-order valence-corrected chi connectivity index (χ1v) is 6.41. The van der Waals surface area contributed by atoms with E-state index in [0.29, 0.717) is 5.69 Å². The number of carbonyl (C=O) groups excluding carboxylic acids is 1. The van der Waals surface area contributed by atoms with Crippen LogP contribution in [0.4, 0.5) is 0 Å². The quantitative estimate of drug-likeness (QED) is 0.741. The number of H-pyrrole nitrogens is 1. The number of benzene rings is 1. The highest BCUT2D eigenvalue weighted by Crippen LogP contribution is 2.26. The number of aromatic amines is 1. The van der Waals surface area contributed by atoms with Crippen LogP contribution < -0.4 is 5.32 Å². The molecular weight excluding hydrogens is 246 g/mol. The molecule has 0 aliphatic rings. The Hall–Kier alpha value is -2.14. The highest BCUT2D eigenvalue weighted by molar-refractivity contribution is 7.13. The van der Waals surface area contributed by atoms with Crippen LogP contribution in [0.1, 0.15) is 10.5 Å². The molecule has 0 atom stereocenters. The highest BCUT2D eigenvalue weighted by atomic mass is 32.1. The zero-order chi connectivity index (χ0) is 12.5. The maximum Gasteiger partial charge on any atom is 0.270 e. The molecule has 0 bridgehead atoms. The van der Waals surface area contributed by atoms with Gasteiger partial charge in [-0.3, -0.25) is 4.79 Å². The Morgan fingerprint density at radius 2 is 2.22 bits per heavy atom. The van der Waals surface area contributed by atoms with Crippen molar-refractivity contribution in [3.05, 3.63) is 41.4 Å². The summed E-state index contributed by atoms with van der Waals surface area (Å²) < 4.78 is 0. The molecule has 2 aromatic heterocycles. The molecule has 0 aliphatic carbocycles. The second kappa shape index (κ2) is 4.27. The molecule has 1 amide bonds. The molecule has 2 heterocycles. The summed E-state index contributed by atoms with van der Waals surface area (Å²) in [4.78, 5) is 19.1. The number of hydrogen-bond acceptors (Lipinski definition) is 3. The van der Waals surface area contributed by atoms with Gasteiger partial charge in [-0.25, -0.2) is 4.98 Å². The van der Waals surface area contributed by atoms with Gasteiger partial charge in [-0.1, -0.05) is 18.2 Å². The lowest BCUT2D eigenvalue weighted by Gasteiger charge is -1.92. The van der Waals surface area contributed by atoms with Crippen LogP contribution in [0.15, 0.2) is 35.7 Å². The second-order valence-electron chi connectivity index (χ2n) is 3.89. The summed E-state index contributed by atoms with van der Waals surface area (Å²) in [5.74, 6) is -0.159. The predicted molar refractivity (Wildman–Crippen MR) is 72.8 cm³/mol. The molecule has 1 aromatic carbocycles. The number of nitrogens with one attached hydrogen (secondary N) is 2. The van der Waals surface area contributed by atoms with Gasteiger partial charge in [0.2, 0.25) is 0 Å². The Kier molecular flexibility index (Phi) is 2.60. The Labute approximate surface area is 108 Å². The van der Waals surface area contributed by atoms with Gasteiger partial charge in [0.15, 0.2) is 0 Å². The standard InChI is InChI=1S/C13H11N3OS/c1-14-12(17)11-7-18-13(16-11)10-6-8-4-2-3-5-9(8)15-10/h2-7,15H,1H3,(H,14,17). The van der Waals surface area contributed by atoms with Crippen molar-refractivity contribution in [3.63, 3.8) is 0 Å². The lowest BCUT2D eigenvalue weighted by Crippen LogP contribution is -2.17. The van der Waals surface area contributed by atoms with Crippen molar-refractivity contribution in [1.29, 1.82) is 0 Å². The Morgan fingerprint density at radius 3 is 3.00 bits per heavy atom. The summed E-state index contributed by atoms with van der Waals surface area (Å²) in [6.07, 6.45) is 0. The van der Waals surface area contributed by atoms with Crippen molar-refractivity contribution in [2.75, 3.05) is 7.05 Å². The summed E-state index contributed by atoms with van der Waals surface area (Å²) in [6.45, 7) is 0. The van der Waals surface area contributed by atoms with Gasteiger partial charge in [0.1, 0.15) is 10.7 Å². The molecule has 0 saturated heterocycles. The monoisotopic (exact) mass is 257 g/mol. The van der Waals surface area contributed by atoms with E-state index in [9.17, 15) is 4.79 Å². The molecule has 0 aliphatic heterocycles. The summed E-state index contributed by atoms with van der Waals surface area (Å²) in [6, 6.07) is 10.1. The average Bonchev–Trinajstić information content (AvgIpc) is 3.03. The largest absolute Gasteiger partial charge is 0.354 e. The summed E-state index contributed by atoms with van der Waals surface area (Å²) in [7, 11) is 1.60. The zero-order valence-corrected chi connectivity index (χ0v) is 10.5. The summed E-state index contributed by atoms with van der Waals surface area (Å²) in [5.41, 5.74) is 2.47. The molecule has 3 aromatic rings. The first-order chi connectivity index (χ1) is 8.78. The average molecular weight is 257 g/mol. The fourth-order valence-electron chi connectivity index (χ4n) is 1.82. The van der Waals surface area contributed by atoms with Crippen molar-refractivity contribution >= 4 is 28.1 Å². The van der Waals surface area contributed by atoms with Crippen molar-refractivity contribution in [3.8, 4) is 10.7 Å². The minimum Gasteiger partial charge on any atom is -0.354 e. The lowest BCUT2D eigenvalue weighted by molar-refractivity contribution is 0.0959. The van der Waals surface area contributed by atoms with Crippen LogP contribution in [0.2, 0.25) is 0 Å². The van der Waals surface area contributed by atoms with Gasteiger partial charge in [0, 0.05) is 23.3 Å². The third-order valence-electron chi connectivity index (χ3n) is 2.72. The van der Waals surface area contributed by atoms with Crippen LogP contribution in [0, 0.1) is 0 Å². The number of para-hydroxylation sites is 1. The van der Waals surface area contributed by atoms with Gasteiger partial charge >= 0.3 is 0 Å². The van der Waals surface area contributed by atoms with E-state index in [-0.39, 0.29) is 5.91 Å². The molecule has 3 rings (SSSR count). The number of nitrogens with zero attached hydrogens (tertiary/aromatic N) is 1. The first kappa shape index (κ1) is 11.0. The van der Waals surface area contributed by atoms with E-state index in [2.05, 4.69) is 15.3 Å². The van der Waals surface area contributed by atoms with Gasteiger partial charge in [0.05, 0.1) is 5.69 Å². The third kappa shape index (κ3) is 1.78. The zero-order valence-electron chi connectivity index (χ0n) is 9.73. The minimum absolute atomic E-state index is 0.159. The SMILES string of the molecule is CNC(=O)c1csc(-c2cc3ccccc3[nH]2)n1. The summed E-state index contributed by atoms with van der Waals surface area (Å²) in [5, 5.41) is 6.30. The van der Waals surface area contributed by atoms with Gasteiger partial charge < -0.3 is 10.3 Å². The third-order valence-corrected chi connectivity index (χ3v) is 3.60. The van der Waals surface area contributed by atoms with Crippen LogP contribution >= 0.6 is 11.3 Å². The number of hydrogen-bond donors (Lipinski definition) is 2. The smallest absolute Gasteiger partial charge is 0.270 e. The topological polar surface area (TPSA) is 57.8 Å². The molecule has 0 saturated carbocycles. The van der Waals surface area contributed by atoms with E-state index in [4.69, 9.17) is 0 Å². The first-order valence-electron chi connectivity index (χ1n) is 5.53. The lowest BCUT2D eigenvalue weighted by atomic mass is 10.2. The van der Waals surface area contributed by atoms with Gasteiger partial charge in [-0.2, -0.15) is 0 Å². The fourth-order valence-corrected chi connectivity index (χ4v) is 2.59. The van der Waals surface area contributed by atoms with E-state index in [0.717, 1.165) is 21.6 Å². The van der Waals surface area contributed by atoms with E-state index in [1.54, 1.807) is 12.4 Å². The number of aromatic nitrogens is 2. The van der Waals surface area contributed by atoms with E-state index in [1.807, 2.05) is 30.3 Å². The number of amides is 1. The maximum absolute atomic E-state index is 11.5. The molecule has 0 spiro atoms. The maximum atomic E-state index is 11.5. The van der Waals surface area contributed by atoms with Crippen LogP contribution in [0.25, 0.3) is 21.6 Å². The molecule has 0 unspecified atom stereocenters. The van der Waals surface area contributed by atoms with Crippen molar-refractivity contribution < 1.29 is 4.79 Å². The van der Waals surface area contributed by atoms with Gasteiger partial charge in [-0.05, 0) is 12.1 Å². The molecule has 90 valence electrons. The van der Waals surface area contributed by atoms with Crippen molar-refractivity contribution in [1.82, 2.24) is 15.3 Å². The van der Waals surface area contributed by atoms with Gasteiger partial charge in [-0.15, -0.1) is 11.3 Å². The number of carbonyl (C=O) groups is 1. The molecular formula is C13H11N3OS. The molecule has 18 heavy (non-hydrogen) atoms. The molecule has 5 heteroatoms. The normalized spacial score (nSPS) is 10.7. The minimum atomic E-state index is -0.159.